The number of pyridine rings is 1. The van der Waals surface area contributed by atoms with E-state index in [9.17, 15) is 4.79 Å². The first-order chi connectivity index (χ1) is 12.6. The zero-order valence-electron chi connectivity index (χ0n) is 15.8. The highest BCUT2D eigenvalue weighted by atomic mass is 16.2. The molecule has 3 rings (SSSR count). The fourth-order valence-corrected chi connectivity index (χ4v) is 3.41. The Morgan fingerprint density at radius 2 is 1.96 bits per heavy atom. The van der Waals surface area contributed by atoms with Gasteiger partial charge in [-0.3, -0.25) is 9.78 Å². The van der Waals surface area contributed by atoms with Crippen molar-refractivity contribution in [3.05, 3.63) is 36.4 Å². The van der Waals surface area contributed by atoms with Crippen LogP contribution in [-0.4, -0.2) is 44.9 Å². The highest BCUT2D eigenvalue weighted by molar-refractivity contribution is 5.76. The number of hydrogen-bond donors (Lipinski definition) is 1. The molecule has 1 N–H and O–H groups in total. The van der Waals surface area contributed by atoms with E-state index in [-0.39, 0.29) is 11.9 Å². The normalized spacial score (nSPS) is 15.3. The number of anilines is 1. The third-order valence-corrected chi connectivity index (χ3v) is 4.76. The van der Waals surface area contributed by atoms with Crippen molar-refractivity contribution < 1.29 is 4.79 Å². The van der Waals surface area contributed by atoms with Crippen LogP contribution in [0.15, 0.2) is 30.7 Å². The molecule has 0 spiro atoms. The number of carbonyl (C=O) groups is 1. The SMILES string of the molecule is CCC(=O)N1CCC(c2nc(NC(C)C)ncc2-c2ccncc2)CC1. The summed E-state index contributed by atoms with van der Waals surface area (Å²) in [4.78, 5) is 27.4. The number of hydrogen-bond acceptors (Lipinski definition) is 5. The van der Waals surface area contributed by atoms with Gasteiger partial charge in [0.15, 0.2) is 0 Å². The van der Waals surface area contributed by atoms with Crippen LogP contribution < -0.4 is 5.32 Å². The molecule has 26 heavy (non-hydrogen) atoms. The van der Waals surface area contributed by atoms with Crippen molar-refractivity contribution in [2.75, 3.05) is 18.4 Å². The topological polar surface area (TPSA) is 71.0 Å². The molecular weight excluding hydrogens is 326 g/mol. The van der Waals surface area contributed by atoms with E-state index in [1.807, 2.05) is 30.2 Å². The van der Waals surface area contributed by atoms with E-state index in [4.69, 9.17) is 4.98 Å². The summed E-state index contributed by atoms with van der Waals surface area (Å²) in [5.74, 6) is 1.23. The molecule has 138 valence electrons. The van der Waals surface area contributed by atoms with Crippen molar-refractivity contribution in [3.63, 3.8) is 0 Å². The van der Waals surface area contributed by atoms with Crippen LogP contribution in [0.5, 0.6) is 0 Å². The molecule has 0 unspecified atom stereocenters. The van der Waals surface area contributed by atoms with Crippen LogP contribution in [0.2, 0.25) is 0 Å². The van der Waals surface area contributed by atoms with Crippen molar-refractivity contribution >= 4 is 11.9 Å². The molecule has 1 saturated heterocycles. The molecule has 0 bridgehead atoms. The average molecular weight is 353 g/mol. The summed E-state index contributed by atoms with van der Waals surface area (Å²) in [5, 5.41) is 3.30. The van der Waals surface area contributed by atoms with Gasteiger partial charge in [-0.25, -0.2) is 9.97 Å². The van der Waals surface area contributed by atoms with Crippen molar-refractivity contribution in [2.24, 2.45) is 0 Å². The Morgan fingerprint density at radius 3 is 2.58 bits per heavy atom. The zero-order valence-corrected chi connectivity index (χ0v) is 15.8. The number of piperidine rings is 1. The lowest BCUT2D eigenvalue weighted by Crippen LogP contribution is -2.37. The van der Waals surface area contributed by atoms with Crippen LogP contribution in [0.1, 0.15) is 51.6 Å². The molecule has 1 fully saturated rings. The van der Waals surface area contributed by atoms with Gasteiger partial charge in [-0.2, -0.15) is 0 Å². The largest absolute Gasteiger partial charge is 0.352 e. The average Bonchev–Trinajstić information content (AvgIpc) is 2.67. The van der Waals surface area contributed by atoms with Crippen LogP contribution in [0.3, 0.4) is 0 Å². The minimum Gasteiger partial charge on any atom is -0.352 e. The molecule has 0 radical (unpaired) electrons. The Hall–Kier alpha value is -2.50. The smallest absolute Gasteiger partial charge is 0.223 e. The van der Waals surface area contributed by atoms with Crippen molar-refractivity contribution in [1.29, 1.82) is 0 Å². The van der Waals surface area contributed by atoms with Crippen molar-refractivity contribution in [1.82, 2.24) is 19.9 Å². The molecule has 2 aromatic rings. The lowest BCUT2D eigenvalue weighted by Gasteiger charge is -2.32. The van der Waals surface area contributed by atoms with Gasteiger partial charge in [-0.1, -0.05) is 6.92 Å². The van der Waals surface area contributed by atoms with Crippen LogP contribution in [0.4, 0.5) is 5.95 Å². The van der Waals surface area contributed by atoms with E-state index < -0.39 is 0 Å². The third-order valence-electron chi connectivity index (χ3n) is 4.76. The van der Waals surface area contributed by atoms with Crippen molar-refractivity contribution in [3.8, 4) is 11.1 Å². The molecule has 1 aliphatic rings. The summed E-state index contributed by atoms with van der Waals surface area (Å²) in [6, 6.07) is 4.26. The molecule has 0 atom stereocenters. The maximum absolute atomic E-state index is 12.0. The van der Waals surface area contributed by atoms with E-state index in [0.29, 0.717) is 18.3 Å². The maximum atomic E-state index is 12.0. The highest BCUT2D eigenvalue weighted by Gasteiger charge is 2.26. The van der Waals surface area contributed by atoms with Gasteiger partial charge in [0.2, 0.25) is 11.9 Å². The van der Waals surface area contributed by atoms with Crippen LogP contribution in [-0.2, 0) is 4.79 Å². The second-order valence-corrected chi connectivity index (χ2v) is 7.04. The molecule has 1 aliphatic heterocycles. The minimum atomic E-state index is 0.239. The van der Waals surface area contributed by atoms with E-state index in [1.54, 1.807) is 12.4 Å². The lowest BCUT2D eigenvalue weighted by molar-refractivity contribution is -0.131. The first-order valence-corrected chi connectivity index (χ1v) is 9.40. The number of likely N-dealkylation sites (tertiary alicyclic amines) is 1. The molecule has 0 aliphatic carbocycles. The summed E-state index contributed by atoms with van der Waals surface area (Å²) < 4.78 is 0. The van der Waals surface area contributed by atoms with Crippen LogP contribution in [0, 0.1) is 0 Å². The van der Waals surface area contributed by atoms with Gasteiger partial charge in [-0.15, -0.1) is 0 Å². The monoisotopic (exact) mass is 353 g/mol. The number of aromatic nitrogens is 3. The standard InChI is InChI=1S/C20H27N5O/c1-4-18(26)25-11-7-16(8-12-25)19-17(15-5-9-21-10-6-15)13-22-20(24-19)23-14(2)3/h5-6,9-10,13-14,16H,4,7-8,11-12H2,1-3H3,(H,22,23,24). The summed E-state index contributed by atoms with van der Waals surface area (Å²) in [7, 11) is 0. The summed E-state index contributed by atoms with van der Waals surface area (Å²) in [6.45, 7) is 7.67. The van der Waals surface area contributed by atoms with Crippen LogP contribution in [0.25, 0.3) is 11.1 Å². The van der Waals surface area contributed by atoms with Gasteiger partial charge in [0.05, 0.1) is 5.69 Å². The molecule has 6 heteroatoms. The van der Waals surface area contributed by atoms with Gasteiger partial charge in [0.1, 0.15) is 0 Å². The Bertz CT molecular complexity index is 739. The van der Waals surface area contributed by atoms with Gasteiger partial charge >= 0.3 is 0 Å². The molecular formula is C20H27N5O. The molecule has 3 heterocycles. The Kier molecular flexibility index (Phi) is 5.81. The predicted molar refractivity (Wildman–Crippen MR) is 103 cm³/mol. The van der Waals surface area contributed by atoms with E-state index >= 15 is 0 Å². The highest BCUT2D eigenvalue weighted by Crippen LogP contribution is 2.34. The minimum absolute atomic E-state index is 0.239. The molecule has 0 aromatic carbocycles. The Morgan fingerprint density at radius 1 is 1.27 bits per heavy atom. The molecule has 1 amide bonds. The van der Waals surface area contributed by atoms with E-state index in [1.165, 1.54) is 0 Å². The number of nitrogens with zero attached hydrogens (tertiary/aromatic N) is 4. The Labute approximate surface area is 155 Å². The quantitative estimate of drug-likeness (QED) is 0.891. The summed E-state index contributed by atoms with van der Waals surface area (Å²) >= 11 is 0. The number of rotatable bonds is 5. The number of amides is 1. The number of carbonyl (C=O) groups excluding carboxylic acids is 1. The van der Waals surface area contributed by atoms with Gasteiger partial charge in [0, 0.05) is 55.6 Å². The molecule has 6 nitrogen and oxygen atoms in total. The zero-order chi connectivity index (χ0) is 18.5. The molecule has 0 saturated carbocycles. The predicted octanol–water partition coefficient (Wildman–Crippen LogP) is 3.47. The second kappa shape index (κ2) is 8.25. The van der Waals surface area contributed by atoms with Gasteiger partial charge in [-0.05, 0) is 44.4 Å². The first-order valence-electron chi connectivity index (χ1n) is 9.40. The van der Waals surface area contributed by atoms with Crippen molar-refractivity contribution in [2.45, 2.75) is 52.0 Å². The summed E-state index contributed by atoms with van der Waals surface area (Å²) in [6.07, 6.45) is 7.93. The van der Waals surface area contributed by atoms with Gasteiger partial charge < -0.3 is 10.2 Å². The maximum Gasteiger partial charge on any atom is 0.223 e. The first kappa shape index (κ1) is 18.3. The fourth-order valence-electron chi connectivity index (χ4n) is 3.41. The van der Waals surface area contributed by atoms with E-state index in [0.717, 1.165) is 42.8 Å². The Balaban J connectivity index is 1.89. The number of nitrogens with one attached hydrogen (secondary N) is 1. The summed E-state index contributed by atoms with van der Waals surface area (Å²) in [5.41, 5.74) is 3.21. The lowest BCUT2D eigenvalue weighted by atomic mass is 9.89. The third kappa shape index (κ3) is 4.18. The van der Waals surface area contributed by atoms with Crippen LogP contribution >= 0.6 is 0 Å². The van der Waals surface area contributed by atoms with Gasteiger partial charge in [0.25, 0.3) is 0 Å². The van der Waals surface area contributed by atoms with E-state index in [2.05, 4.69) is 29.1 Å². The fraction of sp³-hybridized carbons (Fsp3) is 0.500. The second-order valence-electron chi connectivity index (χ2n) is 7.04. The molecule has 2 aromatic heterocycles.